The molecule has 1 heterocycles. The van der Waals surface area contributed by atoms with Gasteiger partial charge in [-0.3, -0.25) is 9.69 Å². The number of methoxy groups -OCH3 is 1. The number of carbonyl (C=O) groups excluding carboxylic acids is 1. The molecule has 5 heteroatoms. The quantitative estimate of drug-likeness (QED) is 0.869. The van der Waals surface area contributed by atoms with Gasteiger partial charge in [-0.25, -0.2) is 0 Å². The first kappa shape index (κ1) is 17.8. The van der Waals surface area contributed by atoms with E-state index >= 15 is 0 Å². The molecule has 1 amide bonds. The molecule has 1 aliphatic heterocycles. The number of benzene rings is 1. The second kappa shape index (κ2) is 7.79. The van der Waals surface area contributed by atoms with E-state index in [1.54, 1.807) is 7.11 Å². The number of hydrogen-bond donors (Lipinski definition) is 1. The van der Waals surface area contributed by atoms with Gasteiger partial charge >= 0.3 is 0 Å². The summed E-state index contributed by atoms with van der Waals surface area (Å²) in [7, 11) is 1.63. The van der Waals surface area contributed by atoms with Gasteiger partial charge in [0, 0.05) is 26.2 Å². The van der Waals surface area contributed by atoms with Crippen LogP contribution in [0.15, 0.2) is 24.3 Å². The molecule has 1 aliphatic rings. The van der Waals surface area contributed by atoms with Crippen LogP contribution in [0.4, 0.5) is 0 Å². The smallest absolute Gasteiger partial charge is 0.236 e. The number of hydrogen-bond acceptors (Lipinski definition) is 4. The summed E-state index contributed by atoms with van der Waals surface area (Å²) in [6.45, 7) is 7.41. The number of rotatable bonds is 6. The van der Waals surface area contributed by atoms with Gasteiger partial charge in [-0.05, 0) is 44.4 Å². The van der Waals surface area contributed by atoms with Crippen LogP contribution in [0.1, 0.15) is 32.3 Å². The van der Waals surface area contributed by atoms with E-state index in [4.69, 9.17) is 4.74 Å². The van der Waals surface area contributed by atoms with Crippen molar-refractivity contribution in [3.05, 3.63) is 29.8 Å². The predicted octanol–water partition coefficient (Wildman–Crippen LogP) is 1.85. The first-order valence-corrected chi connectivity index (χ1v) is 8.39. The van der Waals surface area contributed by atoms with Crippen molar-refractivity contribution in [2.24, 2.45) is 0 Å². The third-order valence-corrected chi connectivity index (χ3v) is 4.79. The Kier molecular flexibility index (Phi) is 6.02. The molecule has 0 aromatic heterocycles. The molecule has 1 aromatic rings. The molecule has 23 heavy (non-hydrogen) atoms. The summed E-state index contributed by atoms with van der Waals surface area (Å²) in [5.74, 6) is 0.962. The summed E-state index contributed by atoms with van der Waals surface area (Å²) in [6.07, 6.45) is 1.29. The zero-order valence-electron chi connectivity index (χ0n) is 14.4. The Labute approximate surface area is 138 Å². The van der Waals surface area contributed by atoms with Crippen molar-refractivity contribution >= 4 is 5.91 Å². The average molecular weight is 320 g/mol. The predicted molar refractivity (Wildman–Crippen MR) is 90.5 cm³/mol. The van der Waals surface area contributed by atoms with Crippen LogP contribution in [0.3, 0.4) is 0 Å². The molecule has 5 nitrogen and oxygen atoms in total. The SMILES string of the molecule is CCN(CC)C(=O)CN1CCC(O)(c2ccc(OC)cc2)CC1. The van der Waals surface area contributed by atoms with Crippen LogP contribution in [0, 0.1) is 0 Å². The topological polar surface area (TPSA) is 53.0 Å². The number of piperidine rings is 1. The Morgan fingerprint density at radius 1 is 1.22 bits per heavy atom. The van der Waals surface area contributed by atoms with Gasteiger partial charge in [0.25, 0.3) is 0 Å². The lowest BCUT2D eigenvalue weighted by molar-refractivity contribution is -0.133. The largest absolute Gasteiger partial charge is 0.497 e. The molecule has 0 aliphatic carbocycles. The van der Waals surface area contributed by atoms with Crippen LogP contribution >= 0.6 is 0 Å². The maximum Gasteiger partial charge on any atom is 0.236 e. The fourth-order valence-electron chi connectivity index (χ4n) is 3.14. The first-order valence-electron chi connectivity index (χ1n) is 8.39. The van der Waals surface area contributed by atoms with E-state index in [0.717, 1.165) is 37.5 Å². The summed E-state index contributed by atoms with van der Waals surface area (Å²) in [4.78, 5) is 16.2. The van der Waals surface area contributed by atoms with E-state index in [0.29, 0.717) is 19.4 Å². The Morgan fingerprint density at radius 2 is 1.78 bits per heavy atom. The van der Waals surface area contributed by atoms with Gasteiger partial charge in [0.1, 0.15) is 5.75 Å². The monoisotopic (exact) mass is 320 g/mol. The van der Waals surface area contributed by atoms with Gasteiger partial charge in [-0.2, -0.15) is 0 Å². The van der Waals surface area contributed by atoms with Gasteiger partial charge in [-0.15, -0.1) is 0 Å². The molecule has 0 atom stereocenters. The van der Waals surface area contributed by atoms with Crippen molar-refractivity contribution in [2.75, 3.05) is 39.8 Å². The van der Waals surface area contributed by atoms with Gasteiger partial charge < -0.3 is 14.7 Å². The lowest BCUT2D eigenvalue weighted by atomic mass is 9.84. The Morgan fingerprint density at radius 3 is 2.26 bits per heavy atom. The zero-order valence-corrected chi connectivity index (χ0v) is 14.4. The lowest BCUT2D eigenvalue weighted by Crippen LogP contribution is -2.47. The first-order chi connectivity index (χ1) is 11.0. The minimum Gasteiger partial charge on any atom is -0.497 e. The fraction of sp³-hybridized carbons (Fsp3) is 0.611. The highest BCUT2D eigenvalue weighted by atomic mass is 16.5. The van der Waals surface area contributed by atoms with Gasteiger partial charge in [0.05, 0.1) is 19.3 Å². The molecule has 0 spiro atoms. The molecule has 2 rings (SSSR count). The van der Waals surface area contributed by atoms with Crippen molar-refractivity contribution in [2.45, 2.75) is 32.3 Å². The highest BCUT2D eigenvalue weighted by Crippen LogP contribution is 2.33. The van der Waals surface area contributed by atoms with Crippen molar-refractivity contribution < 1.29 is 14.6 Å². The van der Waals surface area contributed by atoms with E-state index < -0.39 is 5.60 Å². The van der Waals surface area contributed by atoms with Crippen LogP contribution in [-0.4, -0.2) is 60.6 Å². The third-order valence-electron chi connectivity index (χ3n) is 4.79. The number of ether oxygens (including phenoxy) is 1. The van der Waals surface area contributed by atoms with Crippen LogP contribution in [0.5, 0.6) is 5.75 Å². The number of amides is 1. The van der Waals surface area contributed by atoms with Crippen LogP contribution in [-0.2, 0) is 10.4 Å². The average Bonchev–Trinajstić information content (AvgIpc) is 2.58. The van der Waals surface area contributed by atoms with Gasteiger partial charge in [-0.1, -0.05) is 12.1 Å². The van der Waals surface area contributed by atoms with Crippen LogP contribution in [0.25, 0.3) is 0 Å². The highest BCUT2D eigenvalue weighted by Gasteiger charge is 2.34. The number of likely N-dealkylation sites (tertiary alicyclic amines) is 1. The van der Waals surface area contributed by atoms with E-state index in [9.17, 15) is 9.90 Å². The zero-order chi connectivity index (χ0) is 16.9. The molecular formula is C18H28N2O3. The van der Waals surface area contributed by atoms with E-state index in [1.165, 1.54) is 0 Å². The molecule has 128 valence electrons. The minimum atomic E-state index is -0.805. The molecule has 1 fully saturated rings. The molecule has 0 saturated carbocycles. The Balaban J connectivity index is 1.92. The van der Waals surface area contributed by atoms with Crippen molar-refractivity contribution in [3.63, 3.8) is 0 Å². The molecule has 1 saturated heterocycles. The maximum atomic E-state index is 12.2. The summed E-state index contributed by atoms with van der Waals surface area (Å²) in [5.41, 5.74) is 0.120. The van der Waals surface area contributed by atoms with Crippen LogP contribution in [0.2, 0.25) is 0 Å². The number of likely N-dealkylation sites (N-methyl/N-ethyl adjacent to an activating group) is 1. The molecule has 0 radical (unpaired) electrons. The van der Waals surface area contributed by atoms with Crippen molar-refractivity contribution in [1.29, 1.82) is 0 Å². The summed E-state index contributed by atoms with van der Waals surface area (Å²) >= 11 is 0. The van der Waals surface area contributed by atoms with Gasteiger partial charge in [0.15, 0.2) is 0 Å². The molecule has 0 unspecified atom stereocenters. The van der Waals surface area contributed by atoms with E-state index in [2.05, 4.69) is 4.90 Å². The van der Waals surface area contributed by atoms with Gasteiger partial charge in [0.2, 0.25) is 5.91 Å². The summed E-state index contributed by atoms with van der Waals surface area (Å²) in [6, 6.07) is 7.61. The lowest BCUT2D eigenvalue weighted by Gasteiger charge is -2.38. The number of carbonyl (C=O) groups is 1. The van der Waals surface area contributed by atoms with E-state index in [-0.39, 0.29) is 5.91 Å². The summed E-state index contributed by atoms with van der Waals surface area (Å²) in [5, 5.41) is 10.9. The molecular weight excluding hydrogens is 292 g/mol. The molecule has 1 aromatic carbocycles. The molecule has 1 N–H and O–H groups in total. The third kappa shape index (κ3) is 4.24. The Bertz CT molecular complexity index is 504. The number of nitrogens with zero attached hydrogens (tertiary/aromatic N) is 2. The van der Waals surface area contributed by atoms with Crippen molar-refractivity contribution in [3.8, 4) is 5.75 Å². The van der Waals surface area contributed by atoms with E-state index in [1.807, 2.05) is 43.0 Å². The minimum absolute atomic E-state index is 0.171. The second-order valence-electron chi connectivity index (χ2n) is 6.10. The standard InChI is InChI=1S/C18H28N2O3/c1-4-20(5-2)17(21)14-19-12-10-18(22,11-13-19)15-6-8-16(23-3)9-7-15/h6-9,22H,4-5,10-14H2,1-3H3. The van der Waals surface area contributed by atoms with Crippen molar-refractivity contribution in [1.82, 2.24) is 9.80 Å². The fourth-order valence-corrected chi connectivity index (χ4v) is 3.14. The summed E-state index contributed by atoms with van der Waals surface area (Å²) < 4.78 is 5.16. The Hall–Kier alpha value is -1.59. The number of aliphatic hydroxyl groups is 1. The highest BCUT2D eigenvalue weighted by molar-refractivity contribution is 5.78. The maximum absolute atomic E-state index is 12.2. The van der Waals surface area contributed by atoms with Crippen LogP contribution < -0.4 is 4.74 Å². The molecule has 0 bridgehead atoms. The second-order valence-corrected chi connectivity index (χ2v) is 6.10. The normalized spacial score (nSPS) is 17.7.